The molecule has 1 atom stereocenters. The molecule has 0 saturated carbocycles. The number of hydrogen-bond donors (Lipinski definition) is 4. The first-order valence-corrected chi connectivity index (χ1v) is 17.3. The Morgan fingerprint density at radius 3 is 2.22 bits per heavy atom. The van der Waals surface area contributed by atoms with Crippen LogP contribution in [0.4, 0.5) is 0 Å². The number of benzene rings is 3. The third-order valence-corrected chi connectivity index (χ3v) is 12.5. The van der Waals surface area contributed by atoms with Crippen LogP contribution in [-0.4, -0.2) is 36.5 Å². The van der Waals surface area contributed by atoms with E-state index >= 15 is 0 Å². The number of phenols is 1. The molecule has 0 aliphatic rings. The lowest BCUT2D eigenvalue weighted by atomic mass is 9.93. The lowest BCUT2D eigenvalue weighted by Gasteiger charge is -2.40. The second kappa shape index (κ2) is 13.8. The summed E-state index contributed by atoms with van der Waals surface area (Å²) in [5, 5.41) is 26.7. The molecule has 0 aliphatic heterocycles. The molecule has 41 heavy (non-hydrogen) atoms. The first-order valence-electron chi connectivity index (χ1n) is 14.4. The fourth-order valence-corrected chi connectivity index (χ4v) is 5.81. The number of hydrogen-bond acceptors (Lipinski definition) is 5. The van der Waals surface area contributed by atoms with Crippen molar-refractivity contribution in [2.45, 2.75) is 90.4 Å². The van der Waals surface area contributed by atoms with Gasteiger partial charge in [0.15, 0.2) is 8.32 Å². The van der Waals surface area contributed by atoms with Crippen LogP contribution in [0.2, 0.25) is 18.1 Å². The predicted octanol–water partition coefficient (Wildman–Crippen LogP) is 6.42. The molecule has 3 rings (SSSR count). The Balaban J connectivity index is 1.67. The number of nitrogens with one attached hydrogen (secondary N) is 2. The average molecular weight is 577 g/mol. The second-order valence-corrected chi connectivity index (χ2v) is 17.9. The molecule has 0 aromatic heterocycles. The van der Waals surface area contributed by atoms with Gasteiger partial charge in [0, 0.05) is 24.2 Å². The minimum Gasteiger partial charge on any atom is -0.508 e. The summed E-state index contributed by atoms with van der Waals surface area (Å²) in [5.41, 5.74) is 4.46. The number of rotatable bonds is 13. The average Bonchev–Trinajstić information content (AvgIpc) is 2.90. The maximum Gasteiger partial charge on any atom is 0.224 e. The van der Waals surface area contributed by atoms with Crippen LogP contribution in [0.25, 0.3) is 0 Å². The van der Waals surface area contributed by atoms with Crippen molar-refractivity contribution < 1.29 is 19.4 Å². The second-order valence-electron chi connectivity index (χ2n) is 13.1. The maximum atomic E-state index is 12.4. The van der Waals surface area contributed by atoms with Crippen LogP contribution in [0.1, 0.15) is 68.5 Å². The van der Waals surface area contributed by atoms with E-state index in [2.05, 4.69) is 70.5 Å². The Morgan fingerprint density at radius 1 is 0.902 bits per heavy atom. The SMILES string of the molecule is CC(C)(Cc1cccc(CNC(=O)Cc2ccccc2)c1)NC[C@H](O[Si](C)(C)C(C)(C)C)c1ccc(O)c(CO)c1. The molecule has 7 heteroatoms. The summed E-state index contributed by atoms with van der Waals surface area (Å²) in [7, 11) is -2.11. The monoisotopic (exact) mass is 576 g/mol. The smallest absolute Gasteiger partial charge is 0.224 e. The summed E-state index contributed by atoms with van der Waals surface area (Å²) >= 11 is 0. The summed E-state index contributed by atoms with van der Waals surface area (Å²) in [6.45, 7) is 16.4. The van der Waals surface area contributed by atoms with Crippen molar-refractivity contribution in [2.75, 3.05) is 6.54 Å². The van der Waals surface area contributed by atoms with Crippen LogP contribution in [0.3, 0.4) is 0 Å². The molecule has 3 aromatic rings. The van der Waals surface area contributed by atoms with Gasteiger partial charge in [-0.05, 0) is 72.8 Å². The Labute approximate surface area is 247 Å². The summed E-state index contributed by atoms with van der Waals surface area (Å²) in [6, 6.07) is 23.5. The van der Waals surface area contributed by atoms with E-state index in [-0.39, 0.29) is 34.9 Å². The third kappa shape index (κ3) is 9.82. The van der Waals surface area contributed by atoms with Crippen molar-refractivity contribution in [1.82, 2.24) is 10.6 Å². The van der Waals surface area contributed by atoms with Crippen LogP contribution in [0, 0.1) is 0 Å². The number of carbonyl (C=O) groups is 1. The number of aliphatic hydroxyl groups is 1. The molecule has 3 aromatic carbocycles. The molecule has 0 spiro atoms. The van der Waals surface area contributed by atoms with Gasteiger partial charge in [0.05, 0.1) is 19.1 Å². The van der Waals surface area contributed by atoms with Gasteiger partial charge in [-0.2, -0.15) is 0 Å². The van der Waals surface area contributed by atoms with Gasteiger partial charge < -0.3 is 25.3 Å². The molecule has 0 unspecified atom stereocenters. The molecule has 0 aliphatic carbocycles. The molecule has 0 fully saturated rings. The van der Waals surface area contributed by atoms with Crippen LogP contribution < -0.4 is 10.6 Å². The van der Waals surface area contributed by atoms with Gasteiger partial charge in [-0.3, -0.25) is 4.79 Å². The van der Waals surface area contributed by atoms with Crippen molar-refractivity contribution in [3.8, 4) is 5.75 Å². The Hall–Kier alpha value is -2.97. The highest BCUT2D eigenvalue weighted by Crippen LogP contribution is 2.40. The van der Waals surface area contributed by atoms with E-state index in [4.69, 9.17) is 4.43 Å². The Morgan fingerprint density at radius 2 is 1.56 bits per heavy atom. The van der Waals surface area contributed by atoms with Gasteiger partial charge in [-0.25, -0.2) is 0 Å². The lowest BCUT2D eigenvalue weighted by molar-refractivity contribution is -0.120. The van der Waals surface area contributed by atoms with Gasteiger partial charge in [0.1, 0.15) is 5.75 Å². The molecule has 0 radical (unpaired) electrons. The van der Waals surface area contributed by atoms with Gasteiger partial charge in [0.2, 0.25) is 5.91 Å². The molecular weight excluding hydrogens is 528 g/mol. The molecule has 0 heterocycles. The van der Waals surface area contributed by atoms with Crippen LogP contribution in [0.5, 0.6) is 5.75 Å². The fourth-order valence-electron chi connectivity index (χ4n) is 4.53. The lowest BCUT2D eigenvalue weighted by Crippen LogP contribution is -2.47. The summed E-state index contributed by atoms with van der Waals surface area (Å²) in [6.07, 6.45) is 0.937. The minimum absolute atomic E-state index is 0.00922. The predicted molar refractivity (Wildman–Crippen MR) is 169 cm³/mol. The van der Waals surface area contributed by atoms with E-state index in [0.717, 1.165) is 23.1 Å². The van der Waals surface area contributed by atoms with Crippen LogP contribution in [-0.2, 0) is 35.2 Å². The Kier molecular flexibility index (Phi) is 10.9. The van der Waals surface area contributed by atoms with E-state index < -0.39 is 8.32 Å². The van der Waals surface area contributed by atoms with Crippen molar-refractivity contribution in [2.24, 2.45) is 0 Å². The highest BCUT2D eigenvalue weighted by molar-refractivity contribution is 6.74. The van der Waals surface area contributed by atoms with E-state index in [1.54, 1.807) is 6.07 Å². The zero-order chi connectivity index (χ0) is 30.3. The molecular formula is C34H48N2O4Si. The highest BCUT2D eigenvalue weighted by atomic mass is 28.4. The molecule has 4 N–H and O–H groups in total. The van der Waals surface area contributed by atoms with Crippen molar-refractivity contribution >= 4 is 14.2 Å². The number of amides is 1. The van der Waals surface area contributed by atoms with Gasteiger partial charge in [-0.15, -0.1) is 0 Å². The van der Waals surface area contributed by atoms with Crippen LogP contribution >= 0.6 is 0 Å². The fraction of sp³-hybridized carbons (Fsp3) is 0.441. The van der Waals surface area contributed by atoms with Gasteiger partial charge >= 0.3 is 0 Å². The third-order valence-electron chi connectivity index (χ3n) is 7.99. The normalized spacial score (nSPS) is 13.2. The standard InChI is InChI=1S/C34H48N2O4Si/c1-33(2,3)41(6,7)40-31(28-16-17-30(38)29(20-28)24-37)23-36-34(4,5)21-26-14-11-15-27(18-26)22-35-32(39)19-25-12-9-8-10-13-25/h8-18,20,31,36-38H,19,21-24H2,1-7H3,(H,35,39)/t31-/m0/s1. The first kappa shape index (κ1) is 32.5. The van der Waals surface area contributed by atoms with Gasteiger partial charge in [0.25, 0.3) is 0 Å². The van der Waals surface area contributed by atoms with Crippen molar-refractivity contribution in [3.05, 3.63) is 101 Å². The minimum atomic E-state index is -2.11. The van der Waals surface area contributed by atoms with Gasteiger partial charge in [-0.1, -0.05) is 81.4 Å². The van der Waals surface area contributed by atoms with Crippen LogP contribution in [0.15, 0.2) is 72.8 Å². The highest BCUT2D eigenvalue weighted by Gasteiger charge is 2.39. The molecule has 0 bridgehead atoms. The van der Waals surface area contributed by atoms with E-state index in [0.29, 0.717) is 25.1 Å². The maximum absolute atomic E-state index is 12.4. The first-order chi connectivity index (χ1) is 19.2. The van der Waals surface area contributed by atoms with Crippen molar-refractivity contribution in [3.63, 3.8) is 0 Å². The summed E-state index contributed by atoms with van der Waals surface area (Å²) in [4.78, 5) is 12.4. The molecule has 6 nitrogen and oxygen atoms in total. The van der Waals surface area contributed by atoms with E-state index in [9.17, 15) is 15.0 Å². The zero-order valence-electron chi connectivity index (χ0n) is 25.8. The summed E-state index contributed by atoms with van der Waals surface area (Å²) in [5.74, 6) is 0.0988. The molecule has 0 saturated heterocycles. The topological polar surface area (TPSA) is 90.8 Å². The quantitative estimate of drug-likeness (QED) is 0.176. The van der Waals surface area contributed by atoms with Crippen molar-refractivity contribution in [1.29, 1.82) is 0 Å². The molecule has 1 amide bonds. The molecule has 222 valence electrons. The summed E-state index contributed by atoms with van der Waals surface area (Å²) < 4.78 is 6.86. The van der Waals surface area contributed by atoms with E-state index in [1.807, 2.05) is 54.6 Å². The number of carbonyl (C=O) groups excluding carboxylic acids is 1. The number of aliphatic hydroxyl groups excluding tert-OH is 1. The number of aromatic hydroxyl groups is 1. The Bertz CT molecular complexity index is 1290. The van der Waals surface area contributed by atoms with E-state index in [1.165, 1.54) is 5.56 Å². The largest absolute Gasteiger partial charge is 0.508 e. The zero-order valence-corrected chi connectivity index (χ0v) is 26.8.